The van der Waals surface area contributed by atoms with Crippen molar-refractivity contribution in [2.45, 2.75) is 245 Å². The van der Waals surface area contributed by atoms with Crippen molar-refractivity contribution in [3.63, 3.8) is 0 Å². The third kappa shape index (κ3) is 43.9. The maximum absolute atomic E-state index is 12.8. The van der Waals surface area contributed by atoms with Crippen molar-refractivity contribution < 1.29 is 42.9 Å². The lowest BCUT2D eigenvalue weighted by Gasteiger charge is -2.26. The van der Waals surface area contributed by atoms with Gasteiger partial charge in [0.15, 0.2) is 12.4 Å². The second-order valence-electron chi connectivity index (χ2n) is 18.1. The summed E-state index contributed by atoms with van der Waals surface area (Å²) in [7, 11) is 5.92. The van der Waals surface area contributed by atoms with Crippen LogP contribution in [0.2, 0.25) is 0 Å². The van der Waals surface area contributed by atoms with Gasteiger partial charge in [-0.1, -0.05) is 193 Å². The summed E-state index contributed by atoms with van der Waals surface area (Å²) in [5.41, 5.74) is 0. The van der Waals surface area contributed by atoms with E-state index in [1.54, 1.807) is 0 Å². The molecule has 0 aliphatic carbocycles. The summed E-state index contributed by atoms with van der Waals surface area (Å²) in [4.78, 5) is 37.0. The highest BCUT2D eigenvalue weighted by Crippen LogP contribution is 2.16. The topological polar surface area (TPSA) is 111 Å². The van der Waals surface area contributed by atoms with Crippen LogP contribution in [0.25, 0.3) is 0 Å². The molecule has 0 saturated carbocycles. The second-order valence-corrected chi connectivity index (χ2v) is 18.1. The van der Waals surface area contributed by atoms with Crippen LogP contribution in [0, 0.1) is 0 Å². The van der Waals surface area contributed by atoms with E-state index >= 15 is 0 Å². The fourth-order valence-electron chi connectivity index (χ4n) is 7.12. The Morgan fingerprint density at radius 1 is 0.492 bits per heavy atom. The highest BCUT2D eigenvalue weighted by Gasteiger charge is 2.22. The number of quaternary nitrogens is 1. The van der Waals surface area contributed by atoms with Crippen molar-refractivity contribution in [2.24, 2.45) is 0 Å². The fraction of sp³-hybridized carbons (Fsp3) is 0.900. The van der Waals surface area contributed by atoms with Gasteiger partial charge in [0, 0.05) is 12.8 Å². The van der Waals surface area contributed by atoms with Gasteiger partial charge < -0.3 is 33.3 Å². The first-order valence-electron chi connectivity index (χ1n) is 24.8. The first kappa shape index (κ1) is 57.0. The van der Waals surface area contributed by atoms with E-state index in [1.165, 1.54) is 148 Å². The molecule has 9 nitrogen and oxygen atoms in total. The Labute approximate surface area is 364 Å². The third-order valence-electron chi connectivity index (χ3n) is 11.0. The molecule has 2 atom stereocenters. The lowest BCUT2D eigenvalue weighted by Crippen LogP contribution is -2.44. The molecule has 0 fully saturated rings. The molecule has 0 bridgehead atoms. The molecule has 0 rings (SSSR count). The molecule has 348 valence electrons. The minimum absolute atomic E-state index is 0.149. The summed E-state index contributed by atoms with van der Waals surface area (Å²) >= 11 is 0. The highest BCUT2D eigenvalue weighted by molar-refractivity contribution is 5.70. The van der Waals surface area contributed by atoms with Gasteiger partial charge in [0.05, 0.1) is 40.3 Å². The smallest absolute Gasteiger partial charge is 0.306 e. The van der Waals surface area contributed by atoms with Gasteiger partial charge >= 0.3 is 11.9 Å². The van der Waals surface area contributed by atoms with Crippen LogP contribution >= 0.6 is 0 Å². The van der Waals surface area contributed by atoms with Crippen molar-refractivity contribution in [3.05, 3.63) is 12.2 Å². The van der Waals surface area contributed by atoms with Crippen LogP contribution in [-0.4, -0.2) is 82.3 Å². The summed E-state index contributed by atoms with van der Waals surface area (Å²) < 4.78 is 22.6. The molecule has 0 radical (unpaired) electrons. The van der Waals surface area contributed by atoms with Crippen LogP contribution < -0.4 is 5.11 Å². The van der Waals surface area contributed by atoms with Gasteiger partial charge in [0.1, 0.15) is 13.2 Å². The maximum Gasteiger partial charge on any atom is 0.306 e. The first-order chi connectivity index (χ1) is 28.6. The summed E-state index contributed by atoms with van der Waals surface area (Å²) in [6.45, 7) is 4.75. The van der Waals surface area contributed by atoms with Crippen LogP contribution in [0.3, 0.4) is 0 Å². The average molecular weight is 838 g/mol. The average Bonchev–Trinajstić information content (AvgIpc) is 3.19. The Hall–Kier alpha value is -1.97. The number of rotatable bonds is 46. The third-order valence-corrected chi connectivity index (χ3v) is 11.0. The molecule has 0 saturated heterocycles. The molecule has 0 aromatic carbocycles. The molecule has 0 aromatic rings. The van der Waals surface area contributed by atoms with Crippen molar-refractivity contribution in [2.75, 3.05) is 47.5 Å². The summed E-state index contributed by atoms with van der Waals surface area (Å²) in [5, 5.41) is 11.7. The van der Waals surface area contributed by atoms with E-state index in [9.17, 15) is 19.5 Å². The van der Waals surface area contributed by atoms with Gasteiger partial charge in [-0.15, -0.1) is 0 Å². The molecule has 59 heavy (non-hydrogen) atoms. The zero-order chi connectivity index (χ0) is 43.5. The van der Waals surface area contributed by atoms with Crippen LogP contribution in [0.15, 0.2) is 12.2 Å². The van der Waals surface area contributed by atoms with Gasteiger partial charge in [-0.25, -0.2) is 0 Å². The number of allylic oxidation sites excluding steroid dienone is 2. The highest BCUT2D eigenvalue weighted by atomic mass is 16.7. The minimum Gasteiger partial charge on any atom is -0.545 e. The van der Waals surface area contributed by atoms with Crippen molar-refractivity contribution >= 4 is 17.9 Å². The van der Waals surface area contributed by atoms with Crippen molar-refractivity contribution in [1.29, 1.82) is 0 Å². The summed E-state index contributed by atoms with van der Waals surface area (Å²) in [5.74, 6) is -2.28. The lowest BCUT2D eigenvalue weighted by atomic mass is 10.0. The van der Waals surface area contributed by atoms with E-state index in [4.69, 9.17) is 18.9 Å². The zero-order valence-corrected chi connectivity index (χ0v) is 39.4. The van der Waals surface area contributed by atoms with Gasteiger partial charge in [-0.2, -0.15) is 0 Å². The van der Waals surface area contributed by atoms with E-state index in [0.717, 1.165) is 51.4 Å². The van der Waals surface area contributed by atoms with Crippen LogP contribution in [0.5, 0.6) is 0 Å². The number of carbonyl (C=O) groups excluding carboxylic acids is 3. The molecular weight excluding hydrogens is 743 g/mol. The van der Waals surface area contributed by atoms with Gasteiger partial charge in [-0.05, 0) is 38.5 Å². The number of carbonyl (C=O) groups is 3. The van der Waals surface area contributed by atoms with Gasteiger partial charge in [0.2, 0.25) is 0 Å². The van der Waals surface area contributed by atoms with Crippen LogP contribution in [0.1, 0.15) is 232 Å². The number of unbranched alkanes of at least 4 members (excludes halogenated alkanes) is 29. The van der Waals surface area contributed by atoms with Crippen LogP contribution in [0.4, 0.5) is 0 Å². The molecule has 9 heteroatoms. The van der Waals surface area contributed by atoms with Crippen molar-refractivity contribution in [3.8, 4) is 0 Å². The van der Waals surface area contributed by atoms with E-state index in [1.807, 2.05) is 21.1 Å². The Balaban J connectivity index is 4.30. The molecule has 0 aliphatic heterocycles. The zero-order valence-electron chi connectivity index (χ0n) is 39.4. The molecule has 0 aliphatic rings. The van der Waals surface area contributed by atoms with Gasteiger partial charge in [-0.3, -0.25) is 9.59 Å². The molecule has 0 heterocycles. The molecule has 2 unspecified atom stereocenters. The number of hydrogen-bond donors (Lipinski definition) is 0. The number of nitrogens with zero attached hydrogens (tertiary/aromatic N) is 1. The minimum atomic E-state index is -1.62. The monoisotopic (exact) mass is 838 g/mol. The summed E-state index contributed by atoms with van der Waals surface area (Å²) in [6, 6.07) is 0. The quantitative estimate of drug-likeness (QED) is 0.0196. The van der Waals surface area contributed by atoms with E-state index < -0.39 is 24.3 Å². The lowest BCUT2D eigenvalue weighted by molar-refractivity contribution is -0.870. The Morgan fingerprint density at radius 3 is 1.25 bits per heavy atom. The normalized spacial score (nSPS) is 12.9. The Kier molecular flexibility index (Phi) is 41.3. The number of hydrogen-bond acceptors (Lipinski definition) is 8. The fourth-order valence-corrected chi connectivity index (χ4v) is 7.12. The predicted molar refractivity (Wildman–Crippen MR) is 242 cm³/mol. The Bertz CT molecular complexity index is 980. The number of esters is 2. The number of likely N-dealkylation sites (N-methyl/N-ethyl adjacent to an activating group) is 1. The largest absolute Gasteiger partial charge is 0.545 e. The SMILES string of the molecule is CCCCCCC/C=C\CCCCCCCC(=O)OC(COC(=O)CCCCCCCCCCCCCCCCCCCCCC)COC(OCC[N+](C)(C)C)C(=O)[O-]. The molecule has 0 spiro atoms. The van der Waals surface area contributed by atoms with E-state index in [-0.39, 0.29) is 32.2 Å². The van der Waals surface area contributed by atoms with E-state index in [0.29, 0.717) is 23.9 Å². The molecule has 0 amide bonds. The Morgan fingerprint density at radius 2 is 0.864 bits per heavy atom. The van der Waals surface area contributed by atoms with E-state index in [2.05, 4.69) is 26.0 Å². The van der Waals surface area contributed by atoms with Crippen LogP contribution in [-0.2, 0) is 33.3 Å². The number of carboxylic acid groups (broad SMARTS) is 1. The second kappa shape index (κ2) is 42.7. The molecular formula is C50H95NO8. The summed E-state index contributed by atoms with van der Waals surface area (Å²) in [6.07, 6.45) is 42.4. The van der Waals surface area contributed by atoms with Crippen molar-refractivity contribution in [1.82, 2.24) is 0 Å². The first-order valence-corrected chi connectivity index (χ1v) is 24.8. The predicted octanol–water partition coefficient (Wildman–Crippen LogP) is 12.1. The molecule has 0 aromatic heterocycles. The van der Waals surface area contributed by atoms with Gasteiger partial charge in [0.25, 0.3) is 0 Å². The number of carboxylic acids is 1. The maximum atomic E-state index is 12.8. The molecule has 0 N–H and O–H groups in total. The standard InChI is InChI=1S/C50H95NO8/c1-6-8-10-12-14-16-18-20-22-23-24-25-26-27-29-30-32-34-36-38-40-47(52)57-44-46(45-58-50(49(54)55)56-43-42-51(3,4)5)59-48(53)41-39-37-35-33-31-28-21-19-17-15-13-11-9-7-2/h19,21,46,50H,6-18,20,22-45H2,1-5H3/b21-19-. The number of ether oxygens (including phenoxy) is 4. The number of aliphatic carboxylic acids is 1.